The summed E-state index contributed by atoms with van der Waals surface area (Å²) in [4.78, 5) is 12.5. The van der Waals surface area contributed by atoms with Crippen LogP contribution in [0, 0.1) is 5.53 Å². The van der Waals surface area contributed by atoms with Gasteiger partial charge in [-0.15, -0.1) is 0 Å². The Hall–Kier alpha value is -4.46. The standard InChI is InChI=1S/C23H25N7O5S/c1-34-21-13-10-17(15-22(21)35-2)30(26)36(32,33)18-11-7-16(8-12-18)9-14-23(31)29(25)20-6-4-3-5-19(20)27-28-24/h3-15H,25-26H2,1-2H3,(H2,24,27)/b14-9+. The number of amides is 1. The largest absolute Gasteiger partial charge is 0.493 e. The van der Waals surface area contributed by atoms with Crippen LogP contribution >= 0.6 is 0 Å². The first-order chi connectivity index (χ1) is 17.2. The zero-order valence-corrected chi connectivity index (χ0v) is 20.3. The van der Waals surface area contributed by atoms with Crippen LogP contribution in [-0.4, -0.2) is 28.5 Å². The van der Waals surface area contributed by atoms with Crippen molar-refractivity contribution in [2.75, 3.05) is 29.1 Å². The number of methoxy groups -OCH3 is 2. The molecule has 0 aromatic heterocycles. The summed E-state index contributed by atoms with van der Waals surface area (Å²) in [5, 5.41) is 3.99. The van der Waals surface area contributed by atoms with Crippen molar-refractivity contribution in [2.45, 2.75) is 4.90 Å². The van der Waals surface area contributed by atoms with Crippen molar-refractivity contribution in [1.82, 2.24) is 0 Å². The number of para-hydroxylation sites is 2. The van der Waals surface area contributed by atoms with Crippen LogP contribution in [-0.2, 0) is 14.8 Å². The number of ether oxygens (including phenoxy) is 2. The number of rotatable bonds is 10. The predicted octanol–water partition coefficient (Wildman–Crippen LogP) is 3.05. The second-order valence-corrected chi connectivity index (χ2v) is 9.01. The fraction of sp³-hybridized carbons (Fsp3) is 0.0870. The van der Waals surface area contributed by atoms with E-state index in [1.807, 2.05) is 0 Å². The number of nitrogens with two attached hydrogens (primary N) is 2. The third kappa shape index (κ3) is 5.60. The number of hydrogen-bond donors (Lipinski definition) is 4. The highest BCUT2D eigenvalue weighted by Gasteiger charge is 2.23. The van der Waals surface area contributed by atoms with E-state index in [0.29, 0.717) is 32.9 Å². The van der Waals surface area contributed by atoms with Crippen LogP contribution in [0.3, 0.4) is 0 Å². The first kappa shape index (κ1) is 26.2. The van der Waals surface area contributed by atoms with Gasteiger partial charge in [0.15, 0.2) is 11.5 Å². The minimum Gasteiger partial charge on any atom is -0.493 e. The van der Waals surface area contributed by atoms with E-state index in [1.54, 1.807) is 30.3 Å². The van der Waals surface area contributed by atoms with Gasteiger partial charge in [0.05, 0.1) is 36.2 Å². The van der Waals surface area contributed by atoms with Crippen LogP contribution in [0.5, 0.6) is 11.5 Å². The summed E-state index contributed by atoms with van der Waals surface area (Å²) in [6, 6.07) is 16.9. The van der Waals surface area contributed by atoms with Crippen molar-refractivity contribution in [2.24, 2.45) is 16.9 Å². The van der Waals surface area contributed by atoms with E-state index in [1.165, 1.54) is 62.8 Å². The van der Waals surface area contributed by atoms with Gasteiger partial charge in [0.25, 0.3) is 15.9 Å². The van der Waals surface area contributed by atoms with Gasteiger partial charge >= 0.3 is 0 Å². The maximum atomic E-state index is 13.0. The molecular weight excluding hydrogens is 486 g/mol. The minimum atomic E-state index is -4.08. The average Bonchev–Trinajstić information content (AvgIpc) is 2.91. The highest BCUT2D eigenvalue weighted by Crippen LogP contribution is 2.32. The number of hydrazine groups is 2. The zero-order valence-electron chi connectivity index (χ0n) is 19.5. The lowest BCUT2D eigenvalue weighted by Crippen LogP contribution is -2.37. The van der Waals surface area contributed by atoms with Gasteiger partial charge in [-0.1, -0.05) is 29.5 Å². The molecule has 0 unspecified atom stereocenters. The third-order valence-corrected chi connectivity index (χ3v) is 6.65. The molecule has 0 atom stereocenters. The lowest BCUT2D eigenvalue weighted by Gasteiger charge is -2.20. The highest BCUT2D eigenvalue weighted by atomic mass is 32.2. The Morgan fingerprint density at radius 3 is 2.31 bits per heavy atom. The molecule has 3 rings (SSSR count). The van der Waals surface area contributed by atoms with Gasteiger partial charge < -0.3 is 9.47 Å². The normalized spacial score (nSPS) is 11.1. The summed E-state index contributed by atoms with van der Waals surface area (Å²) in [5.74, 6) is 12.1. The van der Waals surface area contributed by atoms with Crippen LogP contribution in [0.1, 0.15) is 5.56 Å². The number of hydrogen-bond acceptors (Lipinski definition) is 9. The molecule has 0 aliphatic heterocycles. The lowest BCUT2D eigenvalue weighted by molar-refractivity contribution is -0.114. The number of nitrogens with one attached hydrogen (secondary N) is 2. The van der Waals surface area contributed by atoms with Crippen molar-refractivity contribution in [3.05, 3.63) is 78.4 Å². The number of benzene rings is 3. The maximum Gasteiger partial charge on any atom is 0.277 e. The number of carbonyl (C=O) groups excluding carboxylic acids is 1. The summed E-state index contributed by atoms with van der Waals surface area (Å²) in [5.41, 5.74) is 10.8. The summed E-state index contributed by atoms with van der Waals surface area (Å²) in [6.07, 6.45) is 2.72. The van der Waals surface area contributed by atoms with Crippen LogP contribution < -0.4 is 36.0 Å². The van der Waals surface area contributed by atoms with E-state index in [-0.39, 0.29) is 10.6 Å². The number of anilines is 3. The Morgan fingerprint density at radius 1 is 1.00 bits per heavy atom. The zero-order chi connectivity index (χ0) is 26.3. The molecule has 36 heavy (non-hydrogen) atoms. The van der Waals surface area contributed by atoms with Crippen molar-refractivity contribution in [1.29, 1.82) is 5.53 Å². The molecule has 0 saturated carbocycles. The van der Waals surface area contributed by atoms with Crippen LogP contribution in [0.15, 0.2) is 82.9 Å². The summed E-state index contributed by atoms with van der Waals surface area (Å²) < 4.78 is 37.0. The molecule has 3 aromatic rings. The fourth-order valence-electron chi connectivity index (χ4n) is 3.17. The van der Waals surface area contributed by atoms with Crippen molar-refractivity contribution < 1.29 is 22.7 Å². The Bertz CT molecular complexity index is 1380. The second-order valence-electron chi connectivity index (χ2n) is 7.19. The lowest BCUT2D eigenvalue weighted by atomic mass is 10.2. The highest BCUT2D eigenvalue weighted by molar-refractivity contribution is 7.92. The molecule has 13 heteroatoms. The molecule has 1 amide bonds. The van der Waals surface area contributed by atoms with E-state index in [4.69, 9.17) is 26.7 Å². The molecule has 3 aromatic carbocycles. The molecule has 0 radical (unpaired) electrons. The molecule has 188 valence electrons. The topological polar surface area (TPSA) is 176 Å². The van der Waals surface area contributed by atoms with Gasteiger partial charge in [0, 0.05) is 12.1 Å². The van der Waals surface area contributed by atoms with Gasteiger partial charge in [-0.05, 0) is 48.0 Å². The third-order valence-electron chi connectivity index (χ3n) is 5.05. The average molecular weight is 512 g/mol. The summed E-state index contributed by atoms with van der Waals surface area (Å²) in [7, 11) is -1.18. The Morgan fingerprint density at radius 2 is 1.67 bits per heavy atom. The van der Waals surface area contributed by atoms with Gasteiger partial charge in [0.2, 0.25) is 0 Å². The van der Waals surface area contributed by atoms with E-state index in [2.05, 4.69) is 10.6 Å². The van der Waals surface area contributed by atoms with Crippen LogP contribution in [0.25, 0.3) is 6.08 Å². The molecule has 0 saturated heterocycles. The van der Waals surface area contributed by atoms with E-state index < -0.39 is 15.9 Å². The summed E-state index contributed by atoms with van der Waals surface area (Å²) >= 11 is 0. The first-order valence-electron chi connectivity index (χ1n) is 10.3. The Labute approximate surface area is 208 Å². The smallest absolute Gasteiger partial charge is 0.277 e. The second kappa shape index (κ2) is 11.3. The molecule has 0 spiro atoms. The maximum absolute atomic E-state index is 13.0. The Kier molecular flexibility index (Phi) is 8.22. The minimum absolute atomic E-state index is 0.0529. The molecule has 0 aliphatic carbocycles. The molecule has 0 aliphatic rings. The van der Waals surface area contributed by atoms with Crippen LogP contribution in [0.4, 0.5) is 17.1 Å². The number of sulfonamides is 1. The van der Waals surface area contributed by atoms with Crippen LogP contribution in [0.2, 0.25) is 0 Å². The molecule has 12 nitrogen and oxygen atoms in total. The molecular formula is C23H25N7O5S. The fourth-order valence-corrected chi connectivity index (χ4v) is 4.27. The van der Waals surface area contributed by atoms with E-state index in [0.717, 1.165) is 5.01 Å². The molecule has 6 N–H and O–H groups in total. The molecule has 0 bridgehead atoms. The van der Waals surface area contributed by atoms with E-state index in [9.17, 15) is 13.2 Å². The van der Waals surface area contributed by atoms with Crippen molar-refractivity contribution >= 4 is 39.1 Å². The Balaban J connectivity index is 1.76. The molecule has 0 heterocycles. The van der Waals surface area contributed by atoms with E-state index >= 15 is 0 Å². The van der Waals surface area contributed by atoms with Gasteiger partial charge in [0.1, 0.15) is 0 Å². The first-order valence-corrected chi connectivity index (χ1v) is 11.8. The van der Waals surface area contributed by atoms with Crippen molar-refractivity contribution in [3.63, 3.8) is 0 Å². The monoisotopic (exact) mass is 511 g/mol. The van der Waals surface area contributed by atoms with Gasteiger partial charge in [-0.2, -0.15) is 13.9 Å². The van der Waals surface area contributed by atoms with Gasteiger partial charge in [-0.3, -0.25) is 10.2 Å². The SMILES string of the molecule is COc1ccc(N(N)S(=O)(=O)c2ccc(/C=C/C(=O)N(N)c3ccccc3NN=N)cc2)cc1OC. The van der Waals surface area contributed by atoms with Gasteiger partial charge in [-0.25, -0.2) is 21.1 Å². The summed E-state index contributed by atoms with van der Waals surface area (Å²) in [6.45, 7) is 0. The number of nitrogens with zero attached hydrogens (tertiary/aromatic N) is 3. The molecule has 0 fully saturated rings. The number of carbonyl (C=O) groups is 1. The predicted molar refractivity (Wildman–Crippen MR) is 136 cm³/mol. The quantitative estimate of drug-likeness (QED) is 0.105. The van der Waals surface area contributed by atoms with Crippen molar-refractivity contribution in [3.8, 4) is 11.5 Å².